The van der Waals surface area contributed by atoms with Crippen molar-refractivity contribution in [1.82, 2.24) is 5.32 Å². The molecule has 0 aromatic heterocycles. The molecule has 5 nitrogen and oxygen atoms in total. The molecule has 0 aliphatic carbocycles. The lowest BCUT2D eigenvalue weighted by atomic mass is 10.1. The molecule has 6 heteroatoms. The van der Waals surface area contributed by atoms with E-state index in [1.54, 1.807) is 0 Å². The van der Waals surface area contributed by atoms with Gasteiger partial charge in [0, 0.05) is 31.7 Å². The van der Waals surface area contributed by atoms with E-state index >= 15 is 0 Å². The normalized spacial score (nSPS) is 18.7. The zero-order valence-electron chi connectivity index (χ0n) is 10.4. The molecule has 1 aromatic rings. The molecule has 2 amide bonds. The van der Waals surface area contributed by atoms with Gasteiger partial charge >= 0.3 is 0 Å². The molecule has 1 atom stereocenters. The number of rotatable bonds is 4. The number of anilines is 1. The average molecular weight is 265 g/mol. The fourth-order valence-corrected chi connectivity index (χ4v) is 2.09. The van der Waals surface area contributed by atoms with E-state index in [2.05, 4.69) is 5.32 Å². The standard InChI is InChI=1S/C13H16FN3O2/c14-10-1-3-11(4-2-10)17-8-9(7-12(17)18)13(19)16-6-5-15/h1-4,9H,5-8,15H2,(H,16,19). The minimum absolute atomic E-state index is 0.125. The topological polar surface area (TPSA) is 75.4 Å². The van der Waals surface area contributed by atoms with Gasteiger partial charge in [0.15, 0.2) is 0 Å². The van der Waals surface area contributed by atoms with E-state index < -0.39 is 0 Å². The van der Waals surface area contributed by atoms with Crippen molar-refractivity contribution in [1.29, 1.82) is 0 Å². The Hall–Kier alpha value is -1.95. The molecule has 1 aliphatic heterocycles. The number of nitrogens with zero attached hydrogens (tertiary/aromatic N) is 1. The first-order chi connectivity index (χ1) is 9.11. The number of amides is 2. The van der Waals surface area contributed by atoms with Crippen LogP contribution in [0.5, 0.6) is 0 Å². The van der Waals surface area contributed by atoms with Gasteiger partial charge < -0.3 is 16.0 Å². The molecule has 1 aromatic carbocycles. The van der Waals surface area contributed by atoms with E-state index in [4.69, 9.17) is 5.73 Å². The summed E-state index contributed by atoms with van der Waals surface area (Å²) in [6.45, 7) is 1.09. The van der Waals surface area contributed by atoms with Gasteiger partial charge in [-0.15, -0.1) is 0 Å². The molecule has 1 saturated heterocycles. The predicted octanol–water partition coefficient (Wildman–Crippen LogP) is 0.253. The number of nitrogens with two attached hydrogens (primary N) is 1. The second kappa shape index (κ2) is 5.79. The quantitative estimate of drug-likeness (QED) is 0.819. The third kappa shape index (κ3) is 3.08. The van der Waals surface area contributed by atoms with Gasteiger partial charge in [0.05, 0.1) is 5.92 Å². The molecule has 102 valence electrons. The highest BCUT2D eigenvalue weighted by molar-refractivity contribution is 6.00. The smallest absolute Gasteiger partial charge is 0.227 e. The van der Waals surface area contributed by atoms with Crippen LogP contribution in [0.15, 0.2) is 24.3 Å². The van der Waals surface area contributed by atoms with Gasteiger partial charge in [-0.25, -0.2) is 4.39 Å². The van der Waals surface area contributed by atoms with Crippen LogP contribution in [-0.4, -0.2) is 31.4 Å². The highest BCUT2D eigenvalue weighted by Crippen LogP contribution is 2.25. The molecule has 2 rings (SSSR count). The van der Waals surface area contributed by atoms with Crippen LogP contribution in [0.4, 0.5) is 10.1 Å². The van der Waals surface area contributed by atoms with Crippen molar-refractivity contribution in [3.63, 3.8) is 0 Å². The number of benzene rings is 1. The zero-order chi connectivity index (χ0) is 13.8. The van der Waals surface area contributed by atoms with Crippen LogP contribution in [-0.2, 0) is 9.59 Å². The van der Waals surface area contributed by atoms with Crippen molar-refractivity contribution in [2.24, 2.45) is 11.7 Å². The summed E-state index contributed by atoms with van der Waals surface area (Å²) in [5.41, 5.74) is 5.92. The van der Waals surface area contributed by atoms with Crippen molar-refractivity contribution in [2.75, 3.05) is 24.5 Å². The lowest BCUT2D eigenvalue weighted by molar-refractivity contribution is -0.126. The number of carbonyl (C=O) groups is 2. The van der Waals surface area contributed by atoms with Crippen molar-refractivity contribution >= 4 is 17.5 Å². The van der Waals surface area contributed by atoms with Crippen LogP contribution >= 0.6 is 0 Å². The molecule has 1 aliphatic rings. The second-order valence-corrected chi connectivity index (χ2v) is 4.46. The first kappa shape index (κ1) is 13.5. The van der Waals surface area contributed by atoms with Gasteiger partial charge in [-0.05, 0) is 24.3 Å². The van der Waals surface area contributed by atoms with Gasteiger partial charge in [-0.1, -0.05) is 0 Å². The fraction of sp³-hybridized carbons (Fsp3) is 0.385. The maximum absolute atomic E-state index is 12.8. The molecule has 19 heavy (non-hydrogen) atoms. The Labute approximate surface area is 110 Å². The molecule has 1 heterocycles. The summed E-state index contributed by atoms with van der Waals surface area (Å²) in [7, 11) is 0. The van der Waals surface area contributed by atoms with E-state index in [0.717, 1.165) is 0 Å². The highest BCUT2D eigenvalue weighted by Gasteiger charge is 2.34. The predicted molar refractivity (Wildman–Crippen MR) is 68.9 cm³/mol. The van der Waals surface area contributed by atoms with Crippen LogP contribution < -0.4 is 16.0 Å². The summed E-state index contributed by atoms with van der Waals surface area (Å²) >= 11 is 0. The summed E-state index contributed by atoms with van der Waals surface area (Å²) in [5.74, 6) is -1.01. The summed E-state index contributed by atoms with van der Waals surface area (Å²) in [4.78, 5) is 25.2. The fourth-order valence-electron chi connectivity index (χ4n) is 2.09. The van der Waals surface area contributed by atoms with Crippen LogP contribution in [0.2, 0.25) is 0 Å². The number of carbonyl (C=O) groups excluding carboxylic acids is 2. The van der Waals surface area contributed by atoms with E-state index in [1.165, 1.54) is 29.2 Å². The maximum Gasteiger partial charge on any atom is 0.227 e. The number of hydrogen-bond acceptors (Lipinski definition) is 3. The van der Waals surface area contributed by atoms with Crippen LogP contribution in [0.25, 0.3) is 0 Å². The SMILES string of the molecule is NCCNC(=O)C1CC(=O)N(c2ccc(F)cc2)C1. The monoisotopic (exact) mass is 265 g/mol. The Kier molecular flexibility index (Phi) is 4.11. The molecular weight excluding hydrogens is 249 g/mol. The average Bonchev–Trinajstić information content (AvgIpc) is 2.79. The molecule has 0 bridgehead atoms. The Balaban J connectivity index is 2.03. The number of hydrogen-bond donors (Lipinski definition) is 2. The van der Waals surface area contributed by atoms with Crippen molar-refractivity contribution in [3.8, 4) is 0 Å². The molecule has 0 radical (unpaired) electrons. The number of nitrogens with one attached hydrogen (secondary N) is 1. The number of halogens is 1. The summed E-state index contributed by atoms with van der Waals surface area (Å²) in [5, 5.41) is 2.67. The lowest BCUT2D eigenvalue weighted by Crippen LogP contribution is -2.35. The molecule has 3 N–H and O–H groups in total. The Morgan fingerprint density at radius 1 is 1.42 bits per heavy atom. The minimum Gasteiger partial charge on any atom is -0.355 e. The van der Waals surface area contributed by atoms with Gasteiger partial charge in [-0.2, -0.15) is 0 Å². The summed E-state index contributed by atoms with van der Waals surface area (Å²) in [6.07, 6.45) is 0.174. The largest absolute Gasteiger partial charge is 0.355 e. The van der Waals surface area contributed by atoms with Crippen molar-refractivity contribution in [3.05, 3.63) is 30.1 Å². The molecule has 1 unspecified atom stereocenters. The van der Waals surface area contributed by atoms with Crippen LogP contribution in [0, 0.1) is 11.7 Å². The second-order valence-electron chi connectivity index (χ2n) is 4.46. The van der Waals surface area contributed by atoms with Crippen LogP contribution in [0.3, 0.4) is 0 Å². The summed E-state index contributed by atoms with van der Waals surface area (Å²) < 4.78 is 12.8. The first-order valence-electron chi connectivity index (χ1n) is 6.15. The highest BCUT2D eigenvalue weighted by atomic mass is 19.1. The Bertz CT molecular complexity index is 475. The molecule has 1 fully saturated rings. The van der Waals surface area contributed by atoms with Crippen LogP contribution in [0.1, 0.15) is 6.42 Å². The van der Waals surface area contributed by atoms with E-state index in [1.807, 2.05) is 0 Å². The zero-order valence-corrected chi connectivity index (χ0v) is 10.4. The lowest BCUT2D eigenvalue weighted by Gasteiger charge is -2.16. The third-order valence-corrected chi connectivity index (χ3v) is 3.08. The van der Waals surface area contributed by atoms with Crippen molar-refractivity contribution in [2.45, 2.75) is 6.42 Å². The van der Waals surface area contributed by atoms with E-state index in [9.17, 15) is 14.0 Å². The van der Waals surface area contributed by atoms with Gasteiger partial charge in [-0.3, -0.25) is 9.59 Å². The Morgan fingerprint density at radius 3 is 2.74 bits per heavy atom. The summed E-state index contributed by atoms with van der Waals surface area (Å²) in [6, 6.07) is 5.66. The minimum atomic E-state index is -0.371. The van der Waals surface area contributed by atoms with E-state index in [0.29, 0.717) is 25.3 Å². The molecule has 0 saturated carbocycles. The van der Waals surface area contributed by atoms with Gasteiger partial charge in [0.25, 0.3) is 0 Å². The van der Waals surface area contributed by atoms with E-state index in [-0.39, 0.29) is 30.0 Å². The van der Waals surface area contributed by atoms with Crippen molar-refractivity contribution < 1.29 is 14.0 Å². The van der Waals surface area contributed by atoms with Gasteiger partial charge in [0.1, 0.15) is 5.82 Å². The molecular formula is C13H16FN3O2. The first-order valence-corrected chi connectivity index (χ1v) is 6.15. The molecule has 0 spiro atoms. The Morgan fingerprint density at radius 2 is 2.11 bits per heavy atom. The third-order valence-electron chi connectivity index (χ3n) is 3.08. The maximum atomic E-state index is 12.8. The van der Waals surface area contributed by atoms with Gasteiger partial charge in [0.2, 0.25) is 11.8 Å².